The molecule has 72 valence electrons. The number of benzene rings is 1. The molecular weight excluding hydrogens is 160 g/mol. The summed E-state index contributed by atoms with van der Waals surface area (Å²) in [5, 5.41) is 3.38. The molecule has 13 heavy (non-hydrogen) atoms. The molecule has 1 aromatic rings. The Morgan fingerprint density at radius 2 is 2.15 bits per heavy atom. The summed E-state index contributed by atoms with van der Waals surface area (Å²) < 4.78 is 0. The van der Waals surface area contributed by atoms with Crippen LogP contribution in [0.25, 0.3) is 0 Å². The van der Waals surface area contributed by atoms with Crippen LogP contribution in [0, 0.1) is 6.92 Å². The number of hydrogen-bond acceptors (Lipinski definition) is 2. The predicted octanol–water partition coefficient (Wildman–Crippen LogP) is 2.79. The zero-order valence-electron chi connectivity index (χ0n) is 8.59. The summed E-state index contributed by atoms with van der Waals surface area (Å²) in [4.78, 5) is 0. The van der Waals surface area contributed by atoms with Crippen LogP contribution in [0.15, 0.2) is 18.2 Å². The van der Waals surface area contributed by atoms with Gasteiger partial charge in [-0.3, -0.25) is 0 Å². The van der Waals surface area contributed by atoms with E-state index in [0.29, 0.717) is 6.04 Å². The molecule has 1 aromatic carbocycles. The predicted molar refractivity (Wildman–Crippen MR) is 59.0 cm³/mol. The first-order chi connectivity index (χ1) is 6.13. The maximum atomic E-state index is 5.80. The van der Waals surface area contributed by atoms with E-state index in [1.165, 1.54) is 0 Å². The maximum Gasteiger partial charge on any atom is 0.0364 e. The van der Waals surface area contributed by atoms with Gasteiger partial charge in [0.25, 0.3) is 0 Å². The highest BCUT2D eigenvalue weighted by Gasteiger charge is 1.99. The Labute approximate surface area is 80.1 Å². The Balaban J connectivity index is 2.73. The monoisotopic (exact) mass is 178 g/mol. The van der Waals surface area contributed by atoms with Gasteiger partial charge in [-0.25, -0.2) is 0 Å². The molecule has 2 heteroatoms. The van der Waals surface area contributed by atoms with E-state index in [-0.39, 0.29) is 0 Å². The van der Waals surface area contributed by atoms with Gasteiger partial charge < -0.3 is 11.1 Å². The fourth-order valence-electron chi connectivity index (χ4n) is 1.12. The van der Waals surface area contributed by atoms with E-state index in [0.717, 1.165) is 23.4 Å². The molecule has 1 atom stereocenters. The lowest BCUT2D eigenvalue weighted by molar-refractivity contribution is 0.764. The van der Waals surface area contributed by atoms with Crippen LogP contribution in [0.1, 0.15) is 25.8 Å². The van der Waals surface area contributed by atoms with Gasteiger partial charge in [-0.1, -0.05) is 13.0 Å². The number of nitrogen functional groups attached to an aromatic ring is 1. The normalized spacial score (nSPS) is 12.5. The van der Waals surface area contributed by atoms with Gasteiger partial charge in [0.2, 0.25) is 0 Å². The van der Waals surface area contributed by atoms with Gasteiger partial charge >= 0.3 is 0 Å². The number of aryl methyl sites for hydroxylation is 1. The lowest BCUT2D eigenvalue weighted by atomic mass is 10.1. The van der Waals surface area contributed by atoms with E-state index >= 15 is 0 Å². The first kappa shape index (κ1) is 9.90. The maximum absolute atomic E-state index is 5.80. The topological polar surface area (TPSA) is 38.0 Å². The van der Waals surface area contributed by atoms with E-state index in [4.69, 9.17) is 5.73 Å². The molecule has 0 aliphatic rings. The lowest BCUT2D eigenvalue weighted by Gasteiger charge is -2.13. The van der Waals surface area contributed by atoms with Crippen LogP contribution in [-0.4, -0.2) is 6.04 Å². The van der Waals surface area contributed by atoms with Crippen LogP contribution in [0.4, 0.5) is 11.4 Å². The Morgan fingerprint density at radius 1 is 1.46 bits per heavy atom. The summed E-state index contributed by atoms with van der Waals surface area (Å²) in [6.45, 7) is 6.34. The molecule has 0 aromatic heterocycles. The molecular formula is C11H18N2. The second-order valence-corrected chi connectivity index (χ2v) is 3.53. The molecule has 1 unspecified atom stereocenters. The third kappa shape index (κ3) is 2.65. The fraction of sp³-hybridized carbons (Fsp3) is 0.455. The van der Waals surface area contributed by atoms with E-state index < -0.39 is 0 Å². The van der Waals surface area contributed by atoms with Crippen LogP contribution in [0.3, 0.4) is 0 Å². The smallest absolute Gasteiger partial charge is 0.0364 e. The minimum absolute atomic E-state index is 0.502. The molecule has 0 spiro atoms. The molecule has 0 saturated carbocycles. The van der Waals surface area contributed by atoms with E-state index in [1.807, 2.05) is 19.1 Å². The van der Waals surface area contributed by atoms with Crippen molar-refractivity contribution < 1.29 is 0 Å². The van der Waals surface area contributed by atoms with Gasteiger partial charge in [-0.05, 0) is 38.0 Å². The van der Waals surface area contributed by atoms with Gasteiger partial charge in [0.15, 0.2) is 0 Å². The van der Waals surface area contributed by atoms with Crippen LogP contribution in [-0.2, 0) is 0 Å². The van der Waals surface area contributed by atoms with E-state index in [2.05, 4.69) is 25.2 Å². The summed E-state index contributed by atoms with van der Waals surface area (Å²) in [5.41, 5.74) is 8.90. The fourth-order valence-corrected chi connectivity index (χ4v) is 1.12. The quantitative estimate of drug-likeness (QED) is 0.698. The van der Waals surface area contributed by atoms with Crippen molar-refractivity contribution in [2.75, 3.05) is 11.1 Å². The first-order valence-corrected chi connectivity index (χ1v) is 4.76. The van der Waals surface area contributed by atoms with Crippen molar-refractivity contribution >= 4 is 11.4 Å². The molecule has 0 saturated heterocycles. The highest BCUT2D eigenvalue weighted by atomic mass is 14.9. The van der Waals surface area contributed by atoms with Crippen LogP contribution >= 0.6 is 0 Å². The van der Waals surface area contributed by atoms with Crippen LogP contribution < -0.4 is 11.1 Å². The third-order valence-corrected chi connectivity index (χ3v) is 2.30. The lowest BCUT2D eigenvalue weighted by Crippen LogP contribution is -2.13. The number of nitrogens with two attached hydrogens (primary N) is 1. The molecule has 0 heterocycles. The summed E-state index contributed by atoms with van der Waals surface area (Å²) in [6, 6.07) is 6.60. The van der Waals surface area contributed by atoms with Crippen molar-refractivity contribution in [3.8, 4) is 0 Å². The van der Waals surface area contributed by atoms with Gasteiger partial charge in [0.1, 0.15) is 0 Å². The standard InChI is InChI=1S/C11H18N2/c1-4-9(3)13-10-6-5-8(2)11(12)7-10/h5-7,9,13H,4,12H2,1-3H3. The van der Waals surface area contributed by atoms with Gasteiger partial charge in [-0.2, -0.15) is 0 Å². The molecule has 0 aliphatic heterocycles. The van der Waals surface area contributed by atoms with Crippen molar-refractivity contribution in [1.29, 1.82) is 0 Å². The first-order valence-electron chi connectivity index (χ1n) is 4.76. The van der Waals surface area contributed by atoms with Crippen molar-refractivity contribution in [3.05, 3.63) is 23.8 Å². The van der Waals surface area contributed by atoms with Gasteiger partial charge in [-0.15, -0.1) is 0 Å². The molecule has 0 radical (unpaired) electrons. The second-order valence-electron chi connectivity index (χ2n) is 3.53. The highest BCUT2D eigenvalue weighted by molar-refractivity contribution is 5.58. The number of hydrogen-bond donors (Lipinski definition) is 2. The van der Waals surface area contributed by atoms with E-state index in [9.17, 15) is 0 Å². The SMILES string of the molecule is CCC(C)Nc1ccc(C)c(N)c1. The highest BCUT2D eigenvalue weighted by Crippen LogP contribution is 2.17. The summed E-state index contributed by atoms with van der Waals surface area (Å²) in [5.74, 6) is 0. The van der Waals surface area contributed by atoms with Crippen LogP contribution in [0.5, 0.6) is 0 Å². The number of nitrogens with one attached hydrogen (secondary N) is 1. The second kappa shape index (κ2) is 4.17. The number of anilines is 2. The van der Waals surface area contributed by atoms with Crippen molar-refractivity contribution in [2.45, 2.75) is 33.2 Å². The zero-order chi connectivity index (χ0) is 9.84. The molecule has 0 amide bonds. The minimum Gasteiger partial charge on any atom is -0.398 e. The Kier molecular flexibility index (Phi) is 3.18. The Hall–Kier alpha value is -1.18. The minimum atomic E-state index is 0.502. The molecule has 2 nitrogen and oxygen atoms in total. The third-order valence-electron chi connectivity index (χ3n) is 2.30. The average Bonchev–Trinajstić information content (AvgIpc) is 2.11. The molecule has 1 rings (SSSR count). The number of rotatable bonds is 3. The molecule has 0 aliphatic carbocycles. The summed E-state index contributed by atoms with van der Waals surface area (Å²) in [7, 11) is 0. The summed E-state index contributed by atoms with van der Waals surface area (Å²) in [6.07, 6.45) is 1.12. The summed E-state index contributed by atoms with van der Waals surface area (Å²) >= 11 is 0. The Morgan fingerprint density at radius 3 is 2.69 bits per heavy atom. The molecule has 3 N–H and O–H groups in total. The van der Waals surface area contributed by atoms with Crippen LogP contribution in [0.2, 0.25) is 0 Å². The Bertz CT molecular complexity index is 281. The van der Waals surface area contributed by atoms with E-state index in [1.54, 1.807) is 0 Å². The molecule has 0 fully saturated rings. The average molecular weight is 178 g/mol. The van der Waals surface area contributed by atoms with Crippen molar-refractivity contribution in [2.24, 2.45) is 0 Å². The largest absolute Gasteiger partial charge is 0.398 e. The van der Waals surface area contributed by atoms with Gasteiger partial charge in [0, 0.05) is 17.4 Å². The van der Waals surface area contributed by atoms with Crippen molar-refractivity contribution in [1.82, 2.24) is 0 Å². The van der Waals surface area contributed by atoms with Gasteiger partial charge in [0.05, 0.1) is 0 Å². The zero-order valence-corrected chi connectivity index (χ0v) is 8.59. The van der Waals surface area contributed by atoms with Crippen molar-refractivity contribution in [3.63, 3.8) is 0 Å². The molecule has 0 bridgehead atoms.